The van der Waals surface area contributed by atoms with Crippen molar-refractivity contribution in [2.45, 2.75) is 63.0 Å². The molecule has 0 spiro atoms. The molecule has 1 fully saturated rings. The monoisotopic (exact) mass is 280 g/mol. The van der Waals surface area contributed by atoms with Crippen LogP contribution in [0.25, 0.3) is 0 Å². The summed E-state index contributed by atoms with van der Waals surface area (Å²) in [5.41, 5.74) is 0. The van der Waals surface area contributed by atoms with Gasteiger partial charge in [-0.15, -0.1) is 0 Å². The van der Waals surface area contributed by atoms with E-state index >= 15 is 0 Å². The molecule has 19 heavy (non-hydrogen) atoms. The second-order valence-corrected chi connectivity index (χ2v) is 4.80. The summed E-state index contributed by atoms with van der Waals surface area (Å²) in [4.78, 5) is 0. The number of aliphatic hydroxyl groups is 5. The fourth-order valence-corrected chi connectivity index (χ4v) is 2.00. The Balaban J connectivity index is 2.39. The molecule has 1 aliphatic heterocycles. The van der Waals surface area contributed by atoms with E-state index in [2.05, 4.69) is 0 Å². The molecule has 0 aromatic heterocycles. The van der Waals surface area contributed by atoms with Crippen LogP contribution in [-0.4, -0.2) is 75.6 Å². The Morgan fingerprint density at radius 1 is 1.11 bits per heavy atom. The van der Waals surface area contributed by atoms with Gasteiger partial charge < -0.3 is 35.0 Å². The molecule has 1 saturated heterocycles. The van der Waals surface area contributed by atoms with Crippen LogP contribution in [0, 0.1) is 0 Å². The lowest BCUT2D eigenvalue weighted by atomic mass is 9.99. The van der Waals surface area contributed by atoms with Gasteiger partial charge in [-0.25, -0.2) is 0 Å². The third-order valence-corrected chi connectivity index (χ3v) is 3.20. The second kappa shape index (κ2) is 8.11. The van der Waals surface area contributed by atoms with Crippen LogP contribution in [0.3, 0.4) is 0 Å². The van der Waals surface area contributed by atoms with Crippen molar-refractivity contribution in [3.8, 4) is 0 Å². The topological polar surface area (TPSA) is 120 Å². The molecule has 0 bridgehead atoms. The molecule has 6 atom stereocenters. The van der Waals surface area contributed by atoms with Gasteiger partial charge in [0, 0.05) is 0 Å². The van der Waals surface area contributed by atoms with Crippen molar-refractivity contribution >= 4 is 0 Å². The Bertz CT molecular complexity index is 248. The molecule has 114 valence electrons. The van der Waals surface area contributed by atoms with Crippen molar-refractivity contribution < 1.29 is 35.0 Å². The van der Waals surface area contributed by atoms with Crippen molar-refractivity contribution in [3.63, 3.8) is 0 Å². The summed E-state index contributed by atoms with van der Waals surface area (Å²) in [7, 11) is 0. The third kappa shape index (κ3) is 4.64. The number of rotatable bonds is 7. The Hall–Kier alpha value is -0.280. The van der Waals surface area contributed by atoms with Crippen LogP contribution < -0.4 is 0 Å². The first kappa shape index (κ1) is 16.8. The zero-order valence-corrected chi connectivity index (χ0v) is 11.1. The minimum Gasteiger partial charge on any atom is -0.394 e. The Kier molecular flexibility index (Phi) is 7.16. The average Bonchev–Trinajstić information content (AvgIpc) is 2.39. The second-order valence-electron chi connectivity index (χ2n) is 4.80. The van der Waals surface area contributed by atoms with Crippen LogP contribution >= 0.6 is 0 Å². The minimum atomic E-state index is -1.43. The van der Waals surface area contributed by atoms with Crippen LogP contribution in [0.1, 0.15) is 26.2 Å². The first-order valence-corrected chi connectivity index (χ1v) is 6.61. The summed E-state index contributed by atoms with van der Waals surface area (Å²) in [6, 6.07) is 0. The minimum absolute atomic E-state index is 0.157. The van der Waals surface area contributed by atoms with Gasteiger partial charge in [0.05, 0.1) is 19.3 Å². The van der Waals surface area contributed by atoms with Crippen LogP contribution in [0.5, 0.6) is 0 Å². The summed E-state index contributed by atoms with van der Waals surface area (Å²) in [5, 5.41) is 47.3. The van der Waals surface area contributed by atoms with Gasteiger partial charge >= 0.3 is 0 Å². The molecule has 1 aliphatic rings. The van der Waals surface area contributed by atoms with Crippen LogP contribution in [0.4, 0.5) is 0 Å². The third-order valence-electron chi connectivity index (χ3n) is 3.20. The molecule has 0 aliphatic carbocycles. The summed E-state index contributed by atoms with van der Waals surface area (Å²) in [5.74, 6) is 0. The normalized spacial score (nSPS) is 37.3. The van der Waals surface area contributed by atoms with Gasteiger partial charge in [-0.2, -0.15) is 0 Å². The fourth-order valence-electron chi connectivity index (χ4n) is 2.00. The molecule has 1 rings (SSSR count). The van der Waals surface area contributed by atoms with E-state index < -0.39 is 43.4 Å². The van der Waals surface area contributed by atoms with Crippen molar-refractivity contribution in [3.05, 3.63) is 0 Å². The summed E-state index contributed by atoms with van der Waals surface area (Å²) in [6.07, 6.45) is -4.85. The molecule has 0 aromatic carbocycles. The molecule has 3 unspecified atom stereocenters. The first-order valence-electron chi connectivity index (χ1n) is 6.61. The Morgan fingerprint density at radius 2 is 1.79 bits per heavy atom. The maximum absolute atomic E-state index is 9.69. The molecule has 0 aromatic rings. The molecule has 0 saturated carbocycles. The predicted molar refractivity (Wildman–Crippen MR) is 65.3 cm³/mol. The van der Waals surface area contributed by atoms with Gasteiger partial charge in [-0.1, -0.05) is 13.3 Å². The summed E-state index contributed by atoms with van der Waals surface area (Å²) in [6.45, 7) is 1.63. The number of ether oxygens (including phenoxy) is 2. The zero-order valence-electron chi connectivity index (χ0n) is 11.1. The molecule has 0 amide bonds. The van der Waals surface area contributed by atoms with Crippen molar-refractivity contribution in [2.24, 2.45) is 0 Å². The van der Waals surface area contributed by atoms with E-state index in [1.165, 1.54) is 0 Å². The molecule has 5 N–H and O–H groups in total. The lowest BCUT2D eigenvalue weighted by Gasteiger charge is -2.39. The summed E-state index contributed by atoms with van der Waals surface area (Å²) < 4.78 is 10.4. The Morgan fingerprint density at radius 3 is 2.37 bits per heavy atom. The van der Waals surface area contributed by atoms with Crippen LogP contribution in [0.15, 0.2) is 0 Å². The molecular formula is C12H24O7. The first-order chi connectivity index (χ1) is 9.01. The van der Waals surface area contributed by atoms with Crippen molar-refractivity contribution in [1.29, 1.82) is 0 Å². The molecule has 7 nitrogen and oxygen atoms in total. The maximum Gasteiger partial charge on any atom is 0.186 e. The van der Waals surface area contributed by atoms with E-state index in [1.807, 2.05) is 6.92 Å². The van der Waals surface area contributed by atoms with E-state index in [1.54, 1.807) is 0 Å². The van der Waals surface area contributed by atoms with Gasteiger partial charge in [0.1, 0.15) is 24.4 Å². The van der Waals surface area contributed by atoms with Crippen LogP contribution in [-0.2, 0) is 9.47 Å². The highest BCUT2D eigenvalue weighted by Crippen LogP contribution is 2.22. The SMILES string of the molecule is CCC[C@@H](O)CCO[C@H]1OC(CO)[C@H](O)C(O)C1O. The molecule has 7 heteroatoms. The standard InChI is InChI=1S/C12H24O7/c1-2-3-7(14)4-5-18-12-11(17)10(16)9(15)8(6-13)19-12/h7-17H,2-6H2,1H3/t7-,8?,9+,10?,11?,12+/m1/s1. The molecular weight excluding hydrogens is 256 g/mol. The highest BCUT2D eigenvalue weighted by molar-refractivity contribution is 4.88. The predicted octanol–water partition coefficient (Wildman–Crippen LogP) is -1.65. The number of aliphatic hydroxyl groups excluding tert-OH is 5. The van der Waals surface area contributed by atoms with Gasteiger partial charge in [-0.3, -0.25) is 0 Å². The van der Waals surface area contributed by atoms with Gasteiger partial charge in [-0.05, 0) is 12.8 Å². The quantitative estimate of drug-likeness (QED) is 0.379. The maximum atomic E-state index is 9.69. The number of hydrogen-bond acceptors (Lipinski definition) is 7. The smallest absolute Gasteiger partial charge is 0.186 e. The van der Waals surface area contributed by atoms with Gasteiger partial charge in [0.15, 0.2) is 6.29 Å². The fraction of sp³-hybridized carbons (Fsp3) is 1.00. The van der Waals surface area contributed by atoms with E-state index in [0.717, 1.165) is 6.42 Å². The highest BCUT2D eigenvalue weighted by Gasteiger charge is 2.43. The van der Waals surface area contributed by atoms with E-state index in [9.17, 15) is 20.4 Å². The van der Waals surface area contributed by atoms with E-state index in [0.29, 0.717) is 12.8 Å². The van der Waals surface area contributed by atoms with Gasteiger partial charge in [0.25, 0.3) is 0 Å². The molecule has 1 heterocycles. The molecule has 0 radical (unpaired) electrons. The van der Waals surface area contributed by atoms with Crippen molar-refractivity contribution in [1.82, 2.24) is 0 Å². The zero-order chi connectivity index (χ0) is 14.4. The van der Waals surface area contributed by atoms with Crippen LogP contribution in [0.2, 0.25) is 0 Å². The Labute approximate surface area is 112 Å². The lowest BCUT2D eigenvalue weighted by Crippen LogP contribution is -2.59. The lowest BCUT2D eigenvalue weighted by molar-refractivity contribution is -0.301. The largest absolute Gasteiger partial charge is 0.394 e. The average molecular weight is 280 g/mol. The van der Waals surface area contributed by atoms with E-state index in [-0.39, 0.29) is 6.61 Å². The van der Waals surface area contributed by atoms with Crippen molar-refractivity contribution in [2.75, 3.05) is 13.2 Å². The van der Waals surface area contributed by atoms with Gasteiger partial charge in [0.2, 0.25) is 0 Å². The summed E-state index contributed by atoms with van der Waals surface area (Å²) >= 11 is 0. The van der Waals surface area contributed by atoms with E-state index in [4.69, 9.17) is 14.6 Å². The number of hydrogen-bond donors (Lipinski definition) is 5. The highest BCUT2D eigenvalue weighted by atomic mass is 16.7.